The quantitative estimate of drug-likeness (QED) is 0.850. The van der Waals surface area contributed by atoms with Gasteiger partial charge in [0.15, 0.2) is 0 Å². The third-order valence-corrected chi connectivity index (χ3v) is 3.92. The standard InChI is InChI=1S/C16H25N3O/c1-19-10-2-3-14(12-19)11-18-16(20)15-6-4-13(5-7-15)8-9-17/h4-7,14H,2-3,8-12,17H2,1H3,(H,18,20). The molecule has 1 fully saturated rings. The van der Waals surface area contributed by atoms with Crippen LogP contribution in [0.15, 0.2) is 24.3 Å². The second-order valence-electron chi connectivity index (χ2n) is 5.72. The molecular weight excluding hydrogens is 250 g/mol. The molecule has 4 heteroatoms. The Morgan fingerprint density at radius 1 is 1.40 bits per heavy atom. The van der Waals surface area contributed by atoms with Crippen LogP contribution in [0.4, 0.5) is 0 Å². The van der Waals surface area contributed by atoms with Gasteiger partial charge in [0.25, 0.3) is 5.91 Å². The average molecular weight is 275 g/mol. The first-order chi connectivity index (χ1) is 9.69. The molecule has 1 amide bonds. The second kappa shape index (κ2) is 7.41. The number of benzene rings is 1. The number of amides is 1. The molecule has 1 atom stereocenters. The Morgan fingerprint density at radius 2 is 2.15 bits per heavy atom. The Balaban J connectivity index is 1.82. The molecule has 1 aromatic carbocycles. The van der Waals surface area contributed by atoms with Crippen molar-refractivity contribution in [3.63, 3.8) is 0 Å². The first kappa shape index (κ1) is 15.0. The van der Waals surface area contributed by atoms with E-state index in [9.17, 15) is 4.79 Å². The van der Waals surface area contributed by atoms with Gasteiger partial charge in [-0.1, -0.05) is 12.1 Å². The lowest BCUT2D eigenvalue weighted by Gasteiger charge is -2.29. The summed E-state index contributed by atoms with van der Waals surface area (Å²) in [6, 6.07) is 7.73. The van der Waals surface area contributed by atoms with Crippen molar-refractivity contribution in [1.82, 2.24) is 10.2 Å². The smallest absolute Gasteiger partial charge is 0.251 e. The number of carbonyl (C=O) groups excluding carboxylic acids is 1. The van der Waals surface area contributed by atoms with Gasteiger partial charge in [0, 0.05) is 18.7 Å². The number of carbonyl (C=O) groups is 1. The molecule has 1 aliphatic rings. The third kappa shape index (κ3) is 4.32. The summed E-state index contributed by atoms with van der Waals surface area (Å²) < 4.78 is 0. The minimum atomic E-state index is 0.0255. The minimum Gasteiger partial charge on any atom is -0.352 e. The predicted octanol–water partition coefficient (Wildman–Crippen LogP) is 1.26. The number of likely N-dealkylation sites (tertiary alicyclic amines) is 1. The molecule has 4 nitrogen and oxygen atoms in total. The Morgan fingerprint density at radius 3 is 2.80 bits per heavy atom. The summed E-state index contributed by atoms with van der Waals surface area (Å²) in [7, 11) is 2.14. The molecule has 2 rings (SSSR count). The summed E-state index contributed by atoms with van der Waals surface area (Å²) in [5, 5.41) is 3.05. The zero-order chi connectivity index (χ0) is 14.4. The van der Waals surface area contributed by atoms with Gasteiger partial charge >= 0.3 is 0 Å². The topological polar surface area (TPSA) is 58.4 Å². The van der Waals surface area contributed by atoms with E-state index >= 15 is 0 Å². The zero-order valence-corrected chi connectivity index (χ0v) is 12.3. The maximum atomic E-state index is 12.1. The lowest BCUT2D eigenvalue weighted by Crippen LogP contribution is -2.39. The number of rotatable bonds is 5. The van der Waals surface area contributed by atoms with Crippen molar-refractivity contribution in [2.75, 3.05) is 33.2 Å². The van der Waals surface area contributed by atoms with E-state index in [1.54, 1.807) is 0 Å². The summed E-state index contributed by atoms with van der Waals surface area (Å²) in [5.74, 6) is 0.603. The van der Waals surface area contributed by atoms with Crippen molar-refractivity contribution in [3.05, 3.63) is 35.4 Å². The highest BCUT2D eigenvalue weighted by Crippen LogP contribution is 2.14. The number of hydrogen-bond donors (Lipinski definition) is 2. The van der Waals surface area contributed by atoms with Crippen LogP contribution in [0.25, 0.3) is 0 Å². The normalized spacial score (nSPS) is 19.8. The third-order valence-electron chi connectivity index (χ3n) is 3.92. The van der Waals surface area contributed by atoms with Crippen LogP contribution in [0.2, 0.25) is 0 Å². The van der Waals surface area contributed by atoms with Crippen LogP contribution >= 0.6 is 0 Å². The van der Waals surface area contributed by atoms with Gasteiger partial charge in [-0.2, -0.15) is 0 Å². The molecular formula is C16H25N3O. The lowest BCUT2D eigenvalue weighted by atomic mass is 9.98. The van der Waals surface area contributed by atoms with Crippen molar-refractivity contribution in [2.24, 2.45) is 11.7 Å². The van der Waals surface area contributed by atoms with E-state index in [-0.39, 0.29) is 5.91 Å². The minimum absolute atomic E-state index is 0.0255. The van der Waals surface area contributed by atoms with E-state index in [1.807, 2.05) is 24.3 Å². The van der Waals surface area contributed by atoms with Gasteiger partial charge < -0.3 is 16.0 Å². The lowest BCUT2D eigenvalue weighted by molar-refractivity contribution is 0.0937. The summed E-state index contributed by atoms with van der Waals surface area (Å²) in [6.07, 6.45) is 3.29. The molecule has 1 unspecified atom stereocenters. The fourth-order valence-electron chi connectivity index (χ4n) is 2.77. The Bertz CT molecular complexity index is 430. The van der Waals surface area contributed by atoms with E-state index in [2.05, 4.69) is 17.3 Å². The van der Waals surface area contributed by atoms with E-state index in [1.165, 1.54) is 24.9 Å². The first-order valence-electron chi connectivity index (χ1n) is 7.45. The summed E-state index contributed by atoms with van der Waals surface area (Å²) in [4.78, 5) is 14.4. The fourth-order valence-corrected chi connectivity index (χ4v) is 2.77. The molecule has 1 aromatic rings. The Kier molecular flexibility index (Phi) is 5.56. The highest BCUT2D eigenvalue weighted by atomic mass is 16.1. The second-order valence-corrected chi connectivity index (χ2v) is 5.72. The van der Waals surface area contributed by atoms with Crippen molar-refractivity contribution in [2.45, 2.75) is 19.3 Å². The van der Waals surface area contributed by atoms with Crippen LogP contribution in [0, 0.1) is 5.92 Å². The van der Waals surface area contributed by atoms with Gasteiger partial charge in [0.1, 0.15) is 0 Å². The molecule has 0 spiro atoms. The molecule has 1 saturated heterocycles. The Labute approximate surface area is 121 Å². The van der Waals surface area contributed by atoms with Gasteiger partial charge in [-0.15, -0.1) is 0 Å². The maximum absolute atomic E-state index is 12.1. The molecule has 0 radical (unpaired) electrons. The van der Waals surface area contributed by atoms with Gasteiger partial charge in [0.2, 0.25) is 0 Å². The van der Waals surface area contributed by atoms with Gasteiger partial charge in [0.05, 0.1) is 0 Å². The number of hydrogen-bond acceptors (Lipinski definition) is 3. The van der Waals surface area contributed by atoms with Crippen LogP contribution in [-0.2, 0) is 6.42 Å². The van der Waals surface area contributed by atoms with Crippen LogP contribution in [0.3, 0.4) is 0 Å². The monoisotopic (exact) mass is 275 g/mol. The number of piperidine rings is 1. The Hall–Kier alpha value is -1.39. The van der Waals surface area contributed by atoms with Gasteiger partial charge in [-0.25, -0.2) is 0 Å². The largest absolute Gasteiger partial charge is 0.352 e. The van der Waals surface area contributed by atoms with E-state index in [0.29, 0.717) is 12.5 Å². The molecule has 20 heavy (non-hydrogen) atoms. The molecule has 0 saturated carbocycles. The molecule has 0 bridgehead atoms. The van der Waals surface area contributed by atoms with E-state index in [4.69, 9.17) is 5.73 Å². The summed E-state index contributed by atoms with van der Waals surface area (Å²) >= 11 is 0. The van der Waals surface area contributed by atoms with Gasteiger partial charge in [-0.3, -0.25) is 4.79 Å². The molecule has 110 valence electrons. The van der Waals surface area contributed by atoms with Gasteiger partial charge in [-0.05, 0) is 63.0 Å². The maximum Gasteiger partial charge on any atom is 0.251 e. The van der Waals surface area contributed by atoms with Crippen molar-refractivity contribution in [1.29, 1.82) is 0 Å². The number of nitrogens with two attached hydrogens (primary N) is 1. The number of nitrogens with one attached hydrogen (secondary N) is 1. The SMILES string of the molecule is CN1CCCC(CNC(=O)c2ccc(CCN)cc2)C1. The predicted molar refractivity (Wildman–Crippen MR) is 81.8 cm³/mol. The average Bonchev–Trinajstić information content (AvgIpc) is 2.46. The van der Waals surface area contributed by atoms with Crippen LogP contribution in [-0.4, -0.2) is 44.0 Å². The fraction of sp³-hybridized carbons (Fsp3) is 0.562. The van der Waals surface area contributed by atoms with Crippen LogP contribution in [0.5, 0.6) is 0 Å². The first-order valence-corrected chi connectivity index (χ1v) is 7.45. The summed E-state index contributed by atoms with van der Waals surface area (Å²) in [6.45, 7) is 3.66. The summed E-state index contributed by atoms with van der Waals surface area (Å²) in [5.41, 5.74) is 7.43. The van der Waals surface area contributed by atoms with Crippen molar-refractivity contribution in [3.8, 4) is 0 Å². The highest BCUT2D eigenvalue weighted by molar-refractivity contribution is 5.94. The molecule has 3 N–H and O–H groups in total. The number of nitrogens with zero attached hydrogens (tertiary/aromatic N) is 1. The van der Waals surface area contributed by atoms with E-state index < -0.39 is 0 Å². The van der Waals surface area contributed by atoms with Crippen molar-refractivity contribution < 1.29 is 4.79 Å². The molecule has 1 heterocycles. The molecule has 1 aliphatic heterocycles. The van der Waals surface area contributed by atoms with Crippen molar-refractivity contribution >= 4 is 5.91 Å². The zero-order valence-electron chi connectivity index (χ0n) is 12.3. The molecule has 0 aromatic heterocycles. The highest BCUT2D eigenvalue weighted by Gasteiger charge is 2.17. The van der Waals surface area contributed by atoms with Crippen LogP contribution < -0.4 is 11.1 Å². The molecule has 0 aliphatic carbocycles. The van der Waals surface area contributed by atoms with Crippen LogP contribution in [0.1, 0.15) is 28.8 Å². The van der Waals surface area contributed by atoms with E-state index in [0.717, 1.165) is 25.1 Å².